The molecule has 0 bridgehead atoms. The van der Waals surface area contributed by atoms with E-state index in [0.29, 0.717) is 5.92 Å². The first kappa shape index (κ1) is 9.74. The van der Waals surface area contributed by atoms with E-state index < -0.39 is 0 Å². The van der Waals surface area contributed by atoms with Crippen molar-refractivity contribution in [3.63, 3.8) is 0 Å². The van der Waals surface area contributed by atoms with Crippen molar-refractivity contribution in [2.75, 3.05) is 13.2 Å². The van der Waals surface area contributed by atoms with Crippen LogP contribution >= 0.6 is 0 Å². The minimum absolute atomic E-state index is 0.260. The van der Waals surface area contributed by atoms with Gasteiger partial charge in [-0.25, -0.2) is 0 Å². The van der Waals surface area contributed by atoms with E-state index in [1.54, 1.807) is 6.26 Å². The molecule has 1 aliphatic heterocycles. The molecule has 78 valence electrons. The second-order valence-electron chi connectivity index (χ2n) is 4.28. The first-order valence-corrected chi connectivity index (χ1v) is 5.09. The number of hydrogen-bond acceptors (Lipinski definition) is 3. The Morgan fingerprint density at radius 3 is 3.07 bits per heavy atom. The van der Waals surface area contributed by atoms with Crippen LogP contribution in [0.4, 0.5) is 0 Å². The fourth-order valence-corrected chi connectivity index (χ4v) is 1.69. The summed E-state index contributed by atoms with van der Waals surface area (Å²) < 4.78 is 11.1. The molecule has 2 rings (SSSR count). The van der Waals surface area contributed by atoms with Crippen molar-refractivity contribution in [2.24, 2.45) is 5.92 Å². The Hall–Kier alpha value is -0.800. The third-order valence-corrected chi connectivity index (χ3v) is 2.60. The van der Waals surface area contributed by atoms with E-state index in [4.69, 9.17) is 9.15 Å². The summed E-state index contributed by atoms with van der Waals surface area (Å²) in [5.41, 5.74) is -0.260. The van der Waals surface area contributed by atoms with Gasteiger partial charge < -0.3 is 9.15 Å². The number of furan rings is 1. The zero-order valence-corrected chi connectivity index (χ0v) is 8.75. The second-order valence-corrected chi connectivity index (χ2v) is 4.28. The molecule has 3 heteroatoms. The largest absolute Gasteiger partial charge is 0.469 e. The highest BCUT2D eigenvalue weighted by molar-refractivity contribution is 5.02. The third kappa shape index (κ3) is 2.16. The molecule has 2 heterocycles. The molecule has 0 aromatic carbocycles. The van der Waals surface area contributed by atoms with Crippen molar-refractivity contribution in [3.8, 4) is 0 Å². The molecular formula is C11H17NO2. The SMILES string of the molecule is CC1CNC(C)(Cc2ccco2)OC1. The van der Waals surface area contributed by atoms with E-state index in [1.165, 1.54) is 0 Å². The van der Waals surface area contributed by atoms with Crippen LogP contribution in [0.1, 0.15) is 19.6 Å². The van der Waals surface area contributed by atoms with Gasteiger partial charge in [-0.05, 0) is 25.0 Å². The molecule has 1 N–H and O–H groups in total. The van der Waals surface area contributed by atoms with Gasteiger partial charge in [0.25, 0.3) is 0 Å². The topological polar surface area (TPSA) is 34.4 Å². The van der Waals surface area contributed by atoms with Gasteiger partial charge in [-0.2, -0.15) is 0 Å². The van der Waals surface area contributed by atoms with E-state index in [0.717, 1.165) is 25.3 Å². The van der Waals surface area contributed by atoms with Gasteiger partial charge >= 0.3 is 0 Å². The lowest BCUT2D eigenvalue weighted by Crippen LogP contribution is -2.53. The molecule has 0 radical (unpaired) electrons. The second kappa shape index (κ2) is 3.75. The molecule has 0 saturated carbocycles. The quantitative estimate of drug-likeness (QED) is 0.781. The summed E-state index contributed by atoms with van der Waals surface area (Å²) in [5.74, 6) is 1.56. The Morgan fingerprint density at radius 2 is 2.50 bits per heavy atom. The molecule has 0 spiro atoms. The van der Waals surface area contributed by atoms with Gasteiger partial charge in [-0.15, -0.1) is 0 Å². The summed E-state index contributed by atoms with van der Waals surface area (Å²) in [5, 5.41) is 3.40. The molecule has 0 amide bonds. The molecule has 2 atom stereocenters. The Bertz CT molecular complexity index is 273. The molecule has 1 saturated heterocycles. The van der Waals surface area contributed by atoms with E-state index in [2.05, 4.69) is 19.2 Å². The van der Waals surface area contributed by atoms with Crippen LogP contribution in [0.15, 0.2) is 22.8 Å². The Balaban J connectivity index is 1.96. The molecule has 3 nitrogen and oxygen atoms in total. The predicted octanol–water partition coefficient (Wildman–Crippen LogP) is 1.79. The van der Waals surface area contributed by atoms with Crippen LogP contribution in [0.3, 0.4) is 0 Å². The van der Waals surface area contributed by atoms with Crippen LogP contribution in [0, 0.1) is 5.92 Å². The van der Waals surface area contributed by atoms with Crippen molar-refractivity contribution in [1.82, 2.24) is 5.32 Å². The van der Waals surface area contributed by atoms with Crippen molar-refractivity contribution < 1.29 is 9.15 Å². The van der Waals surface area contributed by atoms with E-state index >= 15 is 0 Å². The van der Waals surface area contributed by atoms with Crippen LogP contribution in [-0.2, 0) is 11.2 Å². The van der Waals surface area contributed by atoms with E-state index in [1.807, 2.05) is 12.1 Å². The maximum atomic E-state index is 5.78. The fourth-order valence-electron chi connectivity index (χ4n) is 1.69. The van der Waals surface area contributed by atoms with Crippen molar-refractivity contribution in [2.45, 2.75) is 26.0 Å². The van der Waals surface area contributed by atoms with E-state index in [-0.39, 0.29) is 5.72 Å². The lowest BCUT2D eigenvalue weighted by molar-refractivity contribution is -0.102. The first-order chi connectivity index (χ1) is 6.68. The van der Waals surface area contributed by atoms with E-state index in [9.17, 15) is 0 Å². The number of ether oxygens (including phenoxy) is 1. The van der Waals surface area contributed by atoms with Gasteiger partial charge in [0.1, 0.15) is 11.5 Å². The van der Waals surface area contributed by atoms with Crippen molar-refractivity contribution >= 4 is 0 Å². The van der Waals surface area contributed by atoms with Crippen LogP contribution in [-0.4, -0.2) is 18.9 Å². The average Bonchev–Trinajstić information content (AvgIpc) is 2.63. The zero-order chi connectivity index (χ0) is 10.0. The normalized spacial score (nSPS) is 33.1. The van der Waals surface area contributed by atoms with Crippen LogP contribution < -0.4 is 5.32 Å². The number of hydrogen-bond donors (Lipinski definition) is 1. The number of rotatable bonds is 2. The zero-order valence-electron chi connectivity index (χ0n) is 8.75. The highest BCUT2D eigenvalue weighted by atomic mass is 16.5. The number of nitrogens with one attached hydrogen (secondary N) is 1. The van der Waals surface area contributed by atoms with Gasteiger partial charge in [0.05, 0.1) is 12.9 Å². The monoisotopic (exact) mass is 195 g/mol. The van der Waals surface area contributed by atoms with Gasteiger partial charge in [-0.1, -0.05) is 6.92 Å². The molecular weight excluding hydrogens is 178 g/mol. The standard InChI is InChI=1S/C11H17NO2/c1-9-7-12-11(2,14-8-9)6-10-4-3-5-13-10/h3-5,9,12H,6-8H2,1-2H3. The highest BCUT2D eigenvalue weighted by Crippen LogP contribution is 2.20. The van der Waals surface area contributed by atoms with Crippen LogP contribution in [0.25, 0.3) is 0 Å². The predicted molar refractivity (Wildman–Crippen MR) is 53.9 cm³/mol. The summed E-state index contributed by atoms with van der Waals surface area (Å²) in [4.78, 5) is 0. The van der Waals surface area contributed by atoms with Gasteiger partial charge in [0, 0.05) is 13.0 Å². The summed E-state index contributed by atoms with van der Waals surface area (Å²) in [6.45, 7) is 6.09. The lowest BCUT2D eigenvalue weighted by atomic mass is 10.1. The smallest absolute Gasteiger partial charge is 0.123 e. The van der Waals surface area contributed by atoms with Crippen LogP contribution in [0.5, 0.6) is 0 Å². The summed E-state index contributed by atoms with van der Waals surface area (Å²) in [7, 11) is 0. The maximum Gasteiger partial charge on any atom is 0.123 e. The third-order valence-electron chi connectivity index (χ3n) is 2.60. The molecule has 1 aromatic rings. The minimum atomic E-state index is -0.260. The van der Waals surface area contributed by atoms with Crippen LogP contribution in [0.2, 0.25) is 0 Å². The maximum absolute atomic E-state index is 5.78. The molecule has 2 unspecified atom stereocenters. The minimum Gasteiger partial charge on any atom is -0.469 e. The summed E-state index contributed by atoms with van der Waals surface area (Å²) >= 11 is 0. The summed E-state index contributed by atoms with van der Waals surface area (Å²) in [6, 6.07) is 3.89. The van der Waals surface area contributed by atoms with Crippen molar-refractivity contribution in [1.29, 1.82) is 0 Å². The molecule has 1 aliphatic rings. The Kier molecular flexibility index (Phi) is 2.61. The van der Waals surface area contributed by atoms with Gasteiger partial charge in [-0.3, -0.25) is 5.32 Å². The molecule has 1 fully saturated rings. The average molecular weight is 195 g/mol. The first-order valence-electron chi connectivity index (χ1n) is 5.09. The molecule has 1 aromatic heterocycles. The van der Waals surface area contributed by atoms with Gasteiger partial charge in [0.2, 0.25) is 0 Å². The fraction of sp³-hybridized carbons (Fsp3) is 0.636. The molecule has 14 heavy (non-hydrogen) atoms. The highest BCUT2D eigenvalue weighted by Gasteiger charge is 2.30. The summed E-state index contributed by atoms with van der Waals surface area (Å²) in [6.07, 6.45) is 2.48. The van der Waals surface area contributed by atoms with Gasteiger partial charge in [0.15, 0.2) is 0 Å². The molecule has 0 aliphatic carbocycles. The van der Waals surface area contributed by atoms with Crippen molar-refractivity contribution in [3.05, 3.63) is 24.2 Å². The Morgan fingerprint density at radius 1 is 1.64 bits per heavy atom. The lowest BCUT2D eigenvalue weighted by Gasteiger charge is -2.37. The Labute approximate surface area is 84.4 Å².